The number of fused-ring (bicyclic) bond motifs is 14. The van der Waals surface area contributed by atoms with E-state index in [1.165, 1.54) is 69.8 Å². The third-order valence-corrected chi connectivity index (χ3v) is 16.0. The van der Waals surface area contributed by atoms with Crippen LogP contribution < -0.4 is 31.3 Å². The minimum absolute atomic E-state index is 0.222. The van der Waals surface area contributed by atoms with Gasteiger partial charge in [0.15, 0.2) is 0 Å². The van der Waals surface area contributed by atoms with E-state index in [-0.39, 0.29) is 6.71 Å². The largest absolute Gasteiger partial charge is 0.468 e. The molecule has 0 unspecified atom stereocenters. The Morgan fingerprint density at radius 1 is 0.420 bits per heavy atom. The predicted molar refractivity (Wildman–Crippen MR) is 291 cm³/mol. The molecule has 0 saturated heterocycles. The first-order valence-electron chi connectivity index (χ1n) is 23.6. The number of furan rings is 1. The van der Waals surface area contributed by atoms with E-state index in [0.29, 0.717) is 0 Å². The van der Waals surface area contributed by atoms with E-state index in [1.807, 2.05) is 11.3 Å². The standard InChI is InChI=1S/C62H37BN4OS/c1-4-17-38(18-5-1)39-33-34-55-47(35-39)59-62(68-55)63-48-27-16-30-51-60(48)66(50-29-14-25-45-43-23-10-12-28-49(43)65(51)58(45)50)53-36-42(64(40-19-6-2-7-20-40)41-21-8-3-9-22-41)37-54(57(53)63)67(59)52-31-15-26-46-44-24-11-13-32-56(44)69-61(46)52/h1-37H. The Morgan fingerprint density at radius 3 is 1.83 bits per heavy atom. The SMILES string of the molecule is c1ccc(-c2ccc3oc4c(c3c2)N(c2cccc3c2sc2ccccc23)c2cc(N(c3ccccc3)c3ccccc3)cc3c2B4c2cccc4c2N3c2cccc3c5ccccc5n-4c23)cc1. The quantitative estimate of drug-likeness (QED) is 0.161. The number of para-hydroxylation sites is 5. The molecule has 3 aromatic heterocycles. The molecule has 6 heterocycles. The van der Waals surface area contributed by atoms with Crippen molar-refractivity contribution in [2.45, 2.75) is 0 Å². The van der Waals surface area contributed by atoms with E-state index in [0.717, 1.165) is 67.7 Å². The van der Waals surface area contributed by atoms with Crippen LogP contribution in [0.25, 0.3) is 69.8 Å². The average molecular weight is 897 g/mol. The zero-order valence-corrected chi connectivity index (χ0v) is 37.9. The monoisotopic (exact) mass is 896 g/mol. The highest BCUT2D eigenvalue weighted by Crippen LogP contribution is 2.56. The van der Waals surface area contributed by atoms with Gasteiger partial charge in [-0.25, -0.2) is 0 Å². The molecule has 0 atom stereocenters. The highest BCUT2D eigenvalue weighted by atomic mass is 32.1. The van der Waals surface area contributed by atoms with Crippen molar-refractivity contribution in [3.63, 3.8) is 0 Å². The summed E-state index contributed by atoms with van der Waals surface area (Å²) in [5, 5.41) is 6.10. The van der Waals surface area contributed by atoms with Crippen LogP contribution in [0.2, 0.25) is 0 Å². The van der Waals surface area contributed by atoms with Crippen LogP contribution in [0, 0.1) is 0 Å². The van der Waals surface area contributed by atoms with Gasteiger partial charge in [-0.15, -0.1) is 11.3 Å². The van der Waals surface area contributed by atoms with Gasteiger partial charge in [-0.3, -0.25) is 0 Å². The molecular weight excluding hydrogens is 860 g/mol. The highest BCUT2D eigenvalue weighted by molar-refractivity contribution is 7.26. The Labute approximate surface area is 401 Å². The maximum Gasteiger partial charge on any atom is 0.297 e. The fraction of sp³-hybridized carbons (Fsp3) is 0. The van der Waals surface area contributed by atoms with Gasteiger partial charge < -0.3 is 23.7 Å². The van der Waals surface area contributed by atoms with Gasteiger partial charge in [-0.05, 0) is 101 Å². The summed E-state index contributed by atoms with van der Waals surface area (Å²) in [6.07, 6.45) is 0. The summed E-state index contributed by atoms with van der Waals surface area (Å²) >= 11 is 1.87. The molecule has 0 bridgehead atoms. The van der Waals surface area contributed by atoms with E-state index in [9.17, 15) is 0 Å². The molecular formula is C62H37BN4OS. The van der Waals surface area contributed by atoms with Gasteiger partial charge in [0, 0.05) is 54.4 Å². The number of hydrogen-bond acceptors (Lipinski definition) is 5. The molecule has 5 nitrogen and oxygen atoms in total. The molecule has 16 rings (SSSR count). The molecule has 0 amide bonds. The van der Waals surface area contributed by atoms with Crippen molar-refractivity contribution in [3.8, 4) is 16.8 Å². The van der Waals surface area contributed by atoms with Crippen molar-refractivity contribution in [1.82, 2.24) is 4.57 Å². The van der Waals surface area contributed by atoms with Gasteiger partial charge in [0.25, 0.3) is 6.71 Å². The number of nitrogens with zero attached hydrogens (tertiary/aromatic N) is 4. The first kappa shape index (κ1) is 37.3. The second kappa shape index (κ2) is 13.9. The maximum atomic E-state index is 7.46. The van der Waals surface area contributed by atoms with Crippen molar-refractivity contribution >= 4 is 139 Å². The van der Waals surface area contributed by atoms with E-state index >= 15 is 0 Å². The fourth-order valence-corrected chi connectivity index (χ4v) is 13.3. The Balaban J connectivity index is 1.09. The van der Waals surface area contributed by atoms with Crippen molar-refractivity contribution in [1.29, 1.82) is 0 Å². The Kier molecular flexibility index (Phi) is 7.52. The topological polar surface area (TPSA) is 27.8 Å². The number of anilines is 9. The van der Waals surface area contributed by atoms with Crippen LogP contribution in [0.1, 0.15) is 0 Å². The molecule has 320 valence electrons. The second-order valence-corrected chi connectivity index (χ2v) is 19.4. The van der Waals surface area contributed by atoms with Crippen molar-refractivity contribution in [3.05, 3.63) is 224 Å². The molecule has 3 aliphatic rings. The lowest BCUT2D eigenvalue weighted by atomic mass is 9.35. The van der Waals surface area contributed by atoms with Crippen molar-refractivity contribution < 1.29 is 4.42 Å². The van der Waals surface area contributed by atoms with E-state index in [2.05, 4.69) is 244 Å². The molecule has 10 aromatic carbocycles. The van der Waals surface area contributed by atoms with Crippen molar-refractivity contribution in [2.75, 3.05) is 14.7 Å². The van der Waals surface area contributed by atoms with Crippen LogP contribution in [0.3, 0.4) is 0 Å². The number of thiophene rings is 1. The van der Waals surface area contributed by atoms with E-state index in [1.54, 1.807) is 0 Å². The van der Waals surface area contributed by atoms with Crippen LogP contribution in [-0.2, 0) is 0 Å². The molecule has 0 aliphatic carbocycles. The Morgan fingerprint density at radius 2 is 1.04 bits per heavy atom. The van der Waals surface area contributed by atoms with Crippen LogP contribution in [0.5, 0.6) is 0 Å². The molecule has 0 fully saturated rings. The smallest absolute Gasteiger partial charge is 0.297 e. The predicted octanol–water partition coefficient (Wildman–Crippen LogP) is 15.4. The third kappa shape index (κ3) is 5.04. The number of benzene rings is 10. The van der Waals surface area contributed by atoms with Crippen LogP contribution >= 0.6 is 11.3 Å². The van der Waals surface area contributed by atoms with Gasteiger partial charge in [0.05, 0.1) is 55.5 Å². The number of rotatable bonds is 5. The molecule has 13 aromatic rings. The van der Waals surface area contributed by atoms with Gasteiger partial charge >= 0.3 is 0 Å². The summed E-state index contributed by atoms with van der Waals surface area (Å²) < 4.78 is 12.5. The normalized spacial score (nSPS) is 13.1. The zero-order chi connectivity index (χ0) is 44.9. The molecule has 0 radical (unpaired) electrons. The molecule has 0 saturated carbocycles. The van der Waals surface area contributed by atoms with Gasteiger partial charge in [-0.1, -0.05) is 146 Å². The maximum absolute atomic E-state index is 7.46. The van der Waals surface area contributed by atoms with Crippen LogP contribution in [0.4, 0.5) is 51.2 Å². The van der Waals surface area contributed by atoms with Crippen molar-refractivity contribution in [2.24, 2.45) is 0 Å². The van der Waals surface area contributed by atoms with E-state index in [4.69, 9.17) is 4.42 Å². The lowest BCUT2D eigenvalue weighted by Crippen LogP contribution is -2.61. The second-order valence-electron chi connectivity index (χ2n) is 18.4. The van der Waals surface area contributed by atoms with Gasteiger partial charge in [0.1, 0.15) is 5.58 Å². The van der Waals surface area contributed by atoms with Gasteiger partial charge in [-0.2, -0.15) is 0 Å². The number of hydrogen-bond donors (Lipinski definition) is 0. The highest BCUT2D eigenvalue weighted by Gasteiger charge is 2.49. The lowest BCUT2D eigenvalue weighted by Gasteiger charge is -2.45. The zero-order valence-electron chi connectivity index (χ0n) is 37.0. The summed E-state index contributed by atoms with van der Waals surface area (Å²) in [6, 6.07) is 82.3. The third-order valence-electron chi connectivity index (χ3n) is 14.8. The molecule has 7 heteroatoms. The average Bonchev–Trinajstić information content (AvgIpc) is 4.10. The summed E-state index contributed by atoms with van der Waals surface area (Å²) in [7, 11) is 0. The summed E-state index contributed by atoms with van der Waals surface area (Å²) in [6.45, 7) is -0.222. The van der Waals surface area contributed by atoms with E-state index < -0.39 is 0 Å². The molecule has 69 heavy (non-hydrogen) atoms. The molecule has 3 aliphatic heterocycles. The first-order chi connectivity index (χ1) is 34.3. The summed E-state index contributed by atoms with van der Waals surface area (Å²) in [4.78, 5) is 7.57. The molecule has 0 spiro atoms. The minimum atomic E-state index is -0.222. The van der Waals surface area contributed by atoms with Crippen LogP contribution in [0.15, 0.2) is 229 Å². The Hall–Kier alpha value is -8.78. The summed E-state index contributed by atoms with van der Waals surface area (Å²) in [5.74, 6) is 0. The molecule has 0 N–H and O–H groups in total. The Bertz CT molecular complexity index is 4250. The lowest BCUT2D eigenvalue weighted by molar-refractivity contribution is 0.651. The first-order valence-corrected chi connectivity index (χ1v) is 24.4. The minimum Gasteiger partial charge on any atom is -0.468 e. The van der Waals surface area contributed by atoms with Gasteiger partial charge in [0.2, 0.25) is 0 Å². The van der Waals surface area contributed by atoms with Crippen LogP contribution in [-0.4, -0.2) is 11.3 Å². The summed E-state index contributed by atoms with van der Waals surface area (Å²) in [5.41, 5.74) is 20.2. The number of aromatic nitrogens is 1. The fourth-order valence-electron chi connectivity index (χ4n) is 12.1.